The zero-order chi connectivity index (χ0) is 13.2. The molecular weight excluding hydrogens is 230 g/mol. The first-order valence-electron chi connectivity index (χ1n) is 6.69. The van der Waals surface area contributed by atoms with E-state index in [1.165, 1.54) is 21.9 Å². The number of nitrogens with zero attached hydrogens (tertiary/aromatic N) is 1. The van der Waals surface area contributed by atoms with Gasteiger partial charge in [0.2, 0.25) is 0 Å². The van der Waals surface area contributed by atoms with Gasteiger partial charge in [-0.1, -0.05) is 50.2 Å². The Bertz CT molecular complexity index is 699. The molecule has 1 nitrogen and oxygen atoms in total. The maximum absolute atomic E-state index is 4.40. The molecule has 0 bridgehead atoms. The molecule has 3 rings (SSSR count). The van der Waals surface area contributed by atoms with Crippen molar-refractivity contribution < 1.29 is 0 Å². The minimum absolute atomic E-state index is 0.569. The summed E-state index contributed by atoms with van der Waals surface area (Å²) >= 11 is 0. The van der Waals surface area contributed by atoms with E-state index in [4.69, 9.17) is 0 Å². The van der Waals surface area contributed by atoms with Crippen LogP contribution in [0.1, 0.15) is 25.3 Å². The van der Waals surface area contributed by atoms with Gasteiger partial charge in [0.15, 0.2) is 0 Å². The van der Waals surface area contributed by atoms with Gasteiger partial charge in [-0.25, -0.2) is 0 Å². The molecule has 0 N–H and O–H groups in total. The van der Waals surface area contributed by atoms with E-state index in [2.05, 4.69) is 55.2 Å². The maximum atomic E-state index is 4.40. The van der Waals surface area contributed by atoms with Gasteiger partial charge in [0.05, 0.1) is 5.69 Å². The summed E-state index contributed by atoms with van der Waals surface area (Å²) in [6.07, 6.45) is 1.83. The van der Waals surface area contributed by atoms with Crippen LogP contribution >= 0.6 is 0 Å². The Hall–Kier alpha value is -2.15. The van der Waals surface area contributed by atoms with Crippen LogP contribution in [0.25, 0.3) is 22.0 Å². The van der Waals surface area contributed by atoms with E-state index < -0.39 is 0 Å². The van der Waals surface area contributed by atoms with Gasteiger partial charge >= 0.3 is 0 Å². The van der Waals surface area contributed by atoms with Crippen LogP contribution in [0.2, 0.25) is 0 Å². The molecule has 0 radical (unpaired) electrons. The first kappa shape index (κ1) is 11.9. The van der Waals surface area contributed by atoms with Crippen molar-refractivity contribution in [2.24, 2.45) is 0 Å². The van der Waals surface area contributed by atoms with Crippen molar-refractivity contribution in [3.05, 3.63) is 66.4 Å². The molecule has 1 aromatic heterocycles. The Morgan fingerprint density at radius 2 is 1.63 bits per heavy atom. The topological polar surface area (TPSA) is 12.9 Å². The van der Waals surface area contributed by atoms with Crippen LogP contribution in [0.4, 0.5) is 0 Å². The van der Waals surface area contributed by atoms with Gasteiger partial charge in [0, 0.05) is 11.8 Å². The lowest BCUT2D eigenvalue weighted by Crippen LogP contribution is -1.87. The van der Waals surface area contributed by atoms with Crippen LogP contribution in [0.5, 0.6) is 0 Å². The minimum Gasteiger partial charge on any atom is -0.256 e. The van der Waals surface area contributed by atoms with Gasteiger partial charge in [-0.2, -0.15) is 0 Å². The molecule has 0 saturated heterocycles. The molecule has 0 unspecified atom stereocenters. The lowest BCUT2D eigenvalue weighted by molar-refractivity contribution is 0.869. The van der Waals surface area contributed by atoms with Crippen molar-refractivity contribution in [3.63, 3.8) is 0 Å². The summed E-state index contributed by atoms with van der Waals surface area (Å²) in [5.74, 6) is 0.569. The predicted molar refractivity (Wildman–Crippen MR) is 81.3 cm³/mol. The van der Waals surface area contributed by atoms with E-state index >= 15 is 0 Å². The van der Waals surface area contributed by atoms with Crippen LogP contribution < -0.4 is 0 Å². The number of hydrogen-bond donors (Lipinski definition) is 0. The first-order valence-corrected chi connectivity index (χ1v) is 6.69. The fourth-order valence-corrected chi connectivity index (χ4v) is 2.32. The number of hydrogen-bond acceptors (Lipinski definition) is 1. The fourth-order valence-electron chi connectivity index (χ4n) is 2.32. The molecule has 0 amide bonds. The van der Waals surface area contributed by atoms with Crippen molar-refractivity contribution in [1.82, 2.24) is 4.98 Å². The molecule has 0 fully saturated rings. The summed E-state index contributed by atoms with van der Waals surface area (Å²) in [4.78, 5) is 4.40. The third kappa shape index (κ3) is 2.37. The van der Waals surface area contributed by atoms with Crippen molar-refractivity contribution in [2.75, 3.05) is 0 Å². The lowest BCUT2D eigenvalue weighted by Gasteiger charge is -2.08. The molecule has 1 heterocycles. The second-order valence-electron chi connectivity index (χ2n) is 5.19. The summed E-state index contributed by atoms with van der Waals surface area (Å²) in [5, 5.41) is 2.57. The first-order chi connectivity index (χ1) is 9.24. The summed E-state index contributed by atoms with van der Waals surface area (Å²) in [7, 11) is 0. The van der Waals surface area contributed by atoms with E-state index in [-0.39, 0.29) is 0 Å². The third-order valence-electron chi connectivity index (χ3n) is 3.49. The highest BCUT2D eigenvalue weighted by molar-refractivity contribution is 5.87. The lowest BCUT2D eigenvalue weighted by atomic mass is 9.98. The minimum atomic E-state index is 0.569. The molecule has 2 aromatic carbocycles. The van der Waals surface area contributed by atoms with E-state index in [1.807, 2.05) is 24.4 Å². The second kappa shape index (κ2) is 4.85. The number of fused-ring (bicyclic) bond motifs is 1. The summed E-state index contributed by atoms with van der Waals surface area (Å²) in [6, 6.07) is 19.3. The molecule has 0 aliphatic rings. The van der Waals surface area contributed by atoms with Gasteiger partial charge in [-0.05, 0) is 40.5 Å². The third-order valence-corrected chi connectivity index (χ3v) is 3.49. The SMILES string of the molecule is CC(C)c1ccc2cc(-c3ccccn3)ccc2c1. The van der Waals surface area contributed by atoms with Crippen molar-refractivity contribution in [1.29, 1.82) is 0 Å². The molecular formula is C18H17N. The van der Waals surface area contributed by atoms with Crippen LogP contribution in [-0.4, -0.2) is 4.98 Å². The smallest absolute Gasteiger partial charge is 0.0702 e. The van der Waals surface area contributed by atoms with Crippen LogP contribution in [-0.2, 0) is 0 Å². The normalized spacial score (nSPS) is 11.1. The molecule has 3 aromatic rings. The maximum Gasteiger partial charge on any atom is 0.0702 e. The molecule has 0 spiro atoms. The van der Waals surface area contributed by atoms with Crippen molar-refractivity contribution in [2.45, 2.75) is 19.8 Å². The van der Waals surface area contributed by atoms with Gasteiger partial charge in [0.25, 0.3) is 0 Å². The van der Waals surface area contributed by atoms with Crippen molar-refractivity contribution >= 4 is 10.8 Å². The second-order valence-corrected chi connectivity index (χ2v) is 5.19. The molecule has 0 saturated carbocycles. The number of benzene rings is 2. The molecule has 0 aliphatic heterocycles. The molecule has 19 heavy (non-hydrogen) atoms. The van der Waals surface area contributed by atoms with Gasteiger partial charge in [-0.3, -0.25) is 4.98 Å². The number of rotatable bonds is 2. The van der Waals surface area contributed by atoms with Gasteiger partial charge in [0.1, 0.15) is 0 Å². The van der Waals surface area contributed by atoms with Crippen LogP contribution in [0.15, 0.2) is 60.8 Å². The zero-order valence-electron chi connectivity index (χ0n) is 11.3. The largest absolute Gasteiger partial charge is 0.256 e. The van der Waals surface area contributed by atoms with Gasteiger partial charge < -0.3 is 0 Å². The molecule has 1 heteroatoms. The Balaban J connectivity index is 2.10. The average Bonchev–Trinajstić information content (AvgIpc) is 2.47. The van der Waals surface area contributed by atoms with E-state index in [1.54, 1.807) is 0 Å². The Kier molecular flexibility index (Phi) is 3.04. The Labute approximate surface area is 113 Å². The predicted octanol–water partition coefficient (Wildman–Crippen LogP) is 5.03. The average molecular weight is 247 g/mol. The molecule has 0 aliphatic carbocycles. The highest BCUT2D eigenvalue weighted by Crippen LogP contribution is 2.25. The molecule has 94 valence electrons. The van der Waals surface area contributed by atoms with Crippen LogP contribution in [0.3, 0.4) is 0 Å². The monoisotopic (exact) mass is 247 g/mol. The molecule has 0 atom stereocenters. The van der Waals surface area contributed by atoms with E-state index in [0.717, 1.165) is 5.69 Å². The van der Waals surface area contributed by atoms with E-state index in [9.17, 15) is 0 Å². The zero-order valence-corrected chi connectivity index (χ0v) is 11.3. The summed E-state index contributed by atoms with van der Waals surface area (Å²) < 4.78 is 0. The highest BCUT2D eigenvalue weighted by Gasteiger charge is 2.03. The Morgan fingerprint density at radius 1 is 0.842 bits per heavy atom. The van der Waals surface area contributed by atoms with Crippen molar-refractivity contribution in [3.8, 4) is 11.3 Å². The fraction of sp³-hybridized carbons (Fsp3) is 0.167. The highest BCUT2D eigenvalue weighted by atomic mass is 14.7. The Morgan fingerprint density at radius 3 is 2.37 bits per heavy atom. The summed E-state index contributed by atoms with van der Waals surface area (Å²) in [5.41, 5.74) is 3.58. The summed E-state index contributed by atoms with van der Waals surface area (Å²) in [6.45, 7) is 4.45. The number of pyridine rings is 1. The standard InChI is InChI=1S/C18H17N/c1-13(2)14-6-7-16-12-17(9-8-15(16)11-14)18-5-3-4-10-19-18/h3-13H,1-2H3. The van der Waals surface area contributed by atoms with E-state index in [0.29, 0.717) is 5.92 Å². The quantitative estimate of drug-likeness (QED) is 0.619. The van der Waals surface area contributed by atoms with Gasteiger partial charge in [-0.15, -0.1) is 0 Å². The van der Waals surface area contributed by atoms with Crippen LogP contribution in [0, 0.1) is 0 Å². The number of aromatic nitrogens is 1.